The van der Waals surface area contributed by atoms with E-state index in [1.807, 2.05) is 13.8 Å². The Bertz CT molecular complexity index is 875. The van der Waals surface area contributed by atoms with E-state index in [-0.39, 0.29) is 18.2 Å². The Labute approximate surface area is 161 Å². The summed E-state index contributed by atoms with van der Waals surface area (Å²) in [4.78, 5) is 28.5. The minimum Gasteiger partial charge on any atom is -0.481 e. The fraction of sp³-hybridized carbons (Fsp3) is 0.474. The molecule has 0 spiro atoms. The quantitative estimate of drug-likeness (QED) is 0.784. The van der Waals surface area contributed by atoms with E-state index in [1.54, 1.807) is 12.1 Å². The van der Waals surface area contributed by atoms with Gasteiger partial charge in [-0.25, -0.2) is 14.1 Å². The van der Waals surface area contributed by atoms with E-state index >= 15 is 0 Å². The van der Waals surface area contributed by atoms with E-state index in [4.69, 9.17) is 4.74 Å². The van der Waals surface area contributed by atoms with Gasteiger partial charge in [0.1, 0.15) is 11.6 Å². The van der Waals surface area contributed by atoms with Crippen molar-refractivity contribution in [1.82, 2.24) is 20.1 Å². The number of aliphatic carboxylic acids is 1. The van der Waals surface area contributed by atoms with Crippen molar-refractivity contribution in [2.75, 3.05) is 13.2 Å². The van der Waals surface area contributed by atoms with Crippen molar-refractivity contribution < 1.29 is 23.8 Å². The Morgan fingerprint density at radius 2 is 2.07 bits per heavy atom. The topological polar surface area (TPSA) is 106 Å². The van der Waals surface area contributed by atoms with E-state index in [2.05, 4.69) is 15.4 Å². The second-order valence-electron chi connectivity index (χ2n) is 7.26. The first-order chi connectivity index (χ1) is 13.3. The number of carbonyl (C=O) groups is 2. The van der Waals surface area contributed by atoms with Gasteiger partial charge in [0.05, 0.1) is 17.6 Å². The standard InChI is InChI=1S/C19H23FN4O4/c1-12(2)17-21-16(23-24(17)14-5-3-4-13(20)10-14)18(27)22-19(11-15(25)26)6-8-28-9-7-19/h3-5,10,12H,6-9,11H2,1-2H3,(H,22,27)(H,25,26). The van der Waals surface area contributed by atoms with E-state index in [1.165, 1.54) is 16.8 Å². The molecule has 1 amide bonds. The molecule has 3 rings (SSSR count). The Hall–Kier alpha value is -2.81. The Balaban J connectivity index is 1.91. The molecule has 0 bridgehead atoms. The summed E-state index contributed by atoms with van der Waals surface area (Å²) in [5.74, 6) is -1.60. The molecule has 9 heteroatoms. The highest BCUT2D eigenvalue weighted by atomic mass is 19.1. The number of carbonyl (C=O) groups excluding carboxylic acids is 1. The predicted octanol–water partition coefficient (Wildman–Crippen LogP) is 2.28. The fourth-order valence-electron chi connectivity index (χ4n) is 3.29. The van der Waals surface area contributed by atoms with Crippen LogP contribution in [0.25, 0.3) is 5.69 Å². The Kier molecular flexibility index (Phi) is 5.73. The average molecular weight is 390 g/mol. The van der Waals surface area contributed by atoms with E-state index < -0.39 is 23.2 Å². The van der Waals surface area contributed by atoms with E-state index in [0.29, 0.717) is 37.6 Å². The van der Waals surface area contributed by atoms with Crippen LogP contribution in [0.5, 0.6) is 0 Å². The smallest absolute Gasteiger partial charge is 0.305 e. The summed E-state index contributed by atoms with van der Waals surface area (Å²) in [7, 11) is 0. The molecule has 2 aromatic rings. The van der Waals surface area contributed by atoms with Gasteiger partial charge in [0.25, 0.3) is 5.91 Å². The molecule has 2 heterocycles. The lowest BCUT2D eigenvalue weighted by Crippen LogP contribution is -2.53. The van der Waals surface area contributed by atoms with Crippen LogP contribution in [0.3, 0.4) is 0 Å². The number of rotatable bonds is 6. The minimum atomic E-state index is -0.997. The lowest BCUT2D eigenvalue weighted by Gasteiger charge is -2.36. The van der Waals surface area contributed by atoms with Crippen LogP contribution in [0, 0.1) is 5.82 Å². The van der Waals surface area contributed by atoms with E-state index in [0.717, 1.165) is 0 Å². The summed E-state index contributed by atoms with van der Waals surface area (Å²) in [6.07, 6.45) is 0.586. The summed E-state index contributed by atoms with van der Waals surface area (Å²) in [5.41, 5.74) is -0.440. The molecule has 0 aliphatic carbocycles. The number of nitrogens with zero attached hydrogens (tertiary/aromatic N) is 3. The van der Waals surface area contributed by atoms with Crippen LogP contribution in [-0.2, 0) is 9.53 Å². The first-order valence-electron chi connectivity index (χ1n) is 9.15. The molecule has 8 nitrogen and oxygen atoms in total. The second-order valence-corrected chi connectivity index (χ2v) is 7.26. The predicted molar refractivity (Wildman–Crippen MR) is 97.9 cm³/mol. The van der Waals surface area contributed by atoms with Crippen LogP contribution in [0.1, 0.15) is 55.5 Å². The molecule has 1 aromatic carbocycles. The minimum absolute atomic E-state index is 0.0617. The summed E-state index contributed by atoms with van der Waals surface area (Å²) in [6, 6.07) is 5.87. The third-order valence-corrected chi connectivity index (χ3v) is 4.72. The van der Waals surface area contributed by atoms with Gasteiger partial charge < -0.3 is 15.2 Å². The molecule has 2 N–H and O–H groups in total. The molecule has 150 valence electrons. The molecule has 1 aliphatic heterocycles. The molecule has 0 atom stereocenters. The summed E-state index contributed by atoms with van der Waals surface area (Å²) in [6.45, 7) is 4.53. The van der Waals surface area contributed by atoms with Gasteiger partial charge in [-0.1, -0.05) is 19.9 Å². The van der Waals surface area contributed by atoms with Crippen molar-refractivity contribution in [3.63, 3.8) is 0 Å². The van der Waals surface area contributed by atoms with Crippen molar-refractivity contribution >= 4 is 11.9 Å². The number of ether oxygens (including phenoxy) is 1. The van der Waals surface area contributed by atoms with Crippen LogP contribution in [0.4, 0.5) is 4.39 Å². The molecule has 1 saturated heterocycles. The molecule has 0 saturated carbocycles. The van der Waals surface area contributed by atoms with Gasteiger partial charge >= 0.3 is 5.97 Å². The largest absolute Gasteiger partial charge is 0.481 e. The van der Waals surface area contributed by atoms with E-state index in [9.17, 15) is 19.1 Å². The average Bonchev–Trinajstić information content (AvgIpc) is 3.07. The SMILES string of the molecule is CC(C)c1nc(C(=O)NC2(CC(=O)O)CCOCC2)nn1-c1cccc(F)c1. The van der Waals surface area contributed by atoms with Crippen molar-refractivity contribution in [3.8, 4) is 5.69 Å². The molecule has 1 aliphatic rings. The number of hydrogen-bond acceptors (Lipinski definition) is 5. The van der Waals surface area contributed by atoms with Crippen LogP contribution in [0.2, 0.25) is 0 Å². The van der Waals surface area contributed by atoms with Crippen molar-refractivity contribution in [1.29, 1.82) is 0 Å². The normalized spacial score (nSPS) is 16.1. The molecule has 0 radical (unpaired) electrons. The van der Waals surface area contributed by atoms with Gasteiger partial charge in [0.2, 0.25) is 5.82 Å². The number of nitrogens with one attached hydrogen (secondary N) is 1. The second kappa shape index (κ2) is 8.05. The summed E-state index contributed by atoms with van der Waals surface area (Å²) >= 11 is 0. The Morgan fingerprint density at radius 3 is 2.68 bits per heavy atom. The number of carboxylic acids is 1. The fourth-order valence-corrected chi connectivity index (χ4v) is 3.29. The summed E-state index contributed by atoms with van der Waals surface area (Å²) in [5, 5.41) is 16.3. The zero-order valence-electron chi connectivity index (χ0n) is 15.8. The number of hydrogen-bond donors (Lipinski definition) is 2. The first-order valence-corrected chi connectivity index (χ1v) is 9.15. The third kappa shape index (κ3) is 4.36. The molecular weight excluding hydrogens is 367 g/mol. The highest BCUT2D eigenvalue weighted by Crippen LogP contribution is 2.25. The molecular formula is C19H23FN4O4. The lowest BCUT2D eigenvalue weighted by molar-refractivity contribution is -0.139. The van der Waals surface area contributed by atoms with Crippen molar-refractivity contribution in [2.45, 2.75) is 44.6 Å². The van der Waals surface area contributed by atoms with Gasteiger partial charge in [-0.15, -0.1) is 5.10 Å². The molecule has 1 aromatic heterocycles. The zero-order valence-corrected chi connectivity index (χ0v) is 15.8. The monoisotopic (exact) mass is 390 g/mol. The number of aromatic nitrogens is 3. The first kappa shape index (κ1) is 19.9. The number of halogens is 1. The van der Waals surface area contributed by atoms with Crippen molar-refractivity contribution in [3.05, 3.63) is 41.7 Å². The Morgan fingerprint density at radius 1 is 1.36 bits per heavy atom. The molecule has 1 fully saturated rings. The van der Waals surface area contributed by atoms with Gasteiger partial charge in [-0.05, 0) is 31.0 Å². The van der Waals surface area contributed by atoms with Crippen LogP contribution < -0.4 is 5.32 Å². The molecule has 0 unspecified atom stereocenters. The molecule has 28 heavy (non-hydrogen) atoms. The van der Waals surface area contributed by atoms with Crippen LogP contribution in [0.15, 0.2) is 24.3 Å². The van der Waals surface area contributed by atoms with Gasteiger partial charge in [0, 0.05) is 19.1 Å². The number of amides is 1. The third-order valence-electron chi connectivity index (χ3n) is 4.72. The lowest BCUT2D eigenvalue weighted by atomic mass is 9.86. The maximum Gasteiger partial charge on any atom is 0.305 e. The summed E-state index contributed by atoms with van der Waals surface area (Å²) < 4.78 is 20.4. The van der Waals surface area contributed by atoms with Crippen LogP contribution >= 0.6 is 0 Å². The number of benzene rings is 1. The number of carboxylic acid groups (broad SMARTS) is 1. The highest BCUT2D eigenvalue weighted by molar-refractivity contribution is 5.91. The maximum absolute atomic E-state index is 13.6. The highest BCUT2D eigenvalue weighted by Gasteiger charge is 2.37. The van der Waals surface area contributed by atoms with Gasteiger partial charge in [0.15, 0.2) is 0 Å². The van der Waals surface area contributed by atoms with Gasteiger partial charge in [-0.3, -0.25) is 9.59 Å². The van der Waals surface area contributed by atoms with Gasteiger partial charge in [-0.2, -0.15) is 0 Å². The maximum atomic E-state index is 13.6. The van der Waals surface area contributed by atoms with Crippen LogP contribution in [-0.4, -0.2) is 50.5 Å². The zero-order chi connectivity index (χ0) is 20.3. The van der Waals surface area contributed by atoms with Crippen molar-refractivity contribution in [2.24, 2.45) is 0 Å².